The highest BCUT2D eigenvalue weighted by atomic mass is 35.5. The third-order valence-corrected chi connectivity index (χ3v) is 4.73. The third-order valence-electron chi connectivity index (χ3n) is 4.73. The Balaban J connectivity index is 0.00000364. The molecule has 27 heavy (non-hydrogen) atoms. The summed E-state index contributed by atoms with van der Waals surface area (Å²) in [5.74, 6) is 0.672. The van der Waals surface area contributed by atoms with E-state index < -0.39 is 12.0 Å². The number of rotatable bonds is 7. The second kappa shape index (κ2) is 11.0. The molecule has 1 aliphatic rings. The van der Waals surface area contributed by atoms with E-state index in [1.54, 1.807) is 32.4 Å². The number of amides is 1. The normalized spacial score (nSPS) is 20.0. The molecule has 1 aliphatic heterocycles. The topological polar surface area (TPSA) is 85.9 Å². The lowest BCUT2D eigenvalue weighted by molar-refractivity contribution is -0.141. The van der Waals surface area contributed by atoms with Gasteiger partial charge in [-0.2, -0.15) is 0 Å². The Bertz CT molecular complexity index is 641. The molecule has 1 saturated heterocycles. The molecule has 1 amide bonds. The number of carbonyl (C=O) groups excluding carboxylic acids is 2. The highest BCUT2D eigenvalue weighted by molar-refractivity contribution is 5.85. The SMILES string of the molecule is COC(=O)CC(NC(=O)[C@H]1CCN[C@@H](C)C1)c1ccc(OC)cc1OC.Cl. The Hall–Kier alpha value is -1.99. The highest BCUT2D eigenvalue weighted by Crippen LogP contribution is 2.32. The van der Waals surface area contributed by atoms with Gasteiger partial charge in [0.15, 0.2) is 0 Å². The molecule has 7 nitrogen and oxygen atoms in total. The van der Waals surface area contributed by atoms with Crippen LogP contribution in [0.1, 0.15) is 37.8 Å². The maximum atomic E-state index is 12.8. The molecule has 0 saturated carbocycles. The molecular weight excluding hydrogens is 372 g/mol. The molecule has 8 heteroatoms. The van der Waals surface area contributed by atoms with Crippen LogP contribution in [0, 0.1) is 5.92 Å². The first-order valence-electron chi connectivity index (χ1n) is 8.81. The minimum atomic E-state index is -0.527. The summed E-state index contributed by atoms with van der Waals surface area (Å²) in [6.07, 6.45) is 1.59. The number of hydrogen-bond acceptors (Lipinski definition) is 6. The van der Waals surface area contributed by atoms with Gasteiger partial charge in [-0.15, -0.1) is 12.4 Å². The highest BCUT2D eigenvalue weighted by Gasteiger charge is 2.29. The molecule has 2 N–H and O–H groups in total. The van der Waals surface area contributed by atoms with E-state index in [4.69, 9.17) is 14.2 Å². The van der Waals surface area contributed by atoms with Gasteiger partial charge in [-0.1, -0.05) is 0 Å². The van der Waals surface area contributed by atoms with Crippen LogP contribution in [0.25, 0.3) is 0 Å². The Morgan fingerprint density at radius 2 is 2.00 bits per heavy atom. The van der Waals surface area contributed by atoms with E-state index in [9.17, 15) is 9.59 Å². The van der Waals surface area contributed by atoms with Crippen molar-refractivity contribution < 1.29 is 23.8 Å². The summed E-state index contributed by atoms with van der Waals surface area (Å²) in [5.41, 5.74) is 0.717. The van der Waals surface area contributed by atoms with E-state index in [0.29, 0.717) is 23.1 Å². The molecule has 1 aromatic rings. The summed E-state index contributed by atoms with van der Waals surface area (Å²) in [6, 6.07) is 5.09. The quantitative estimate of drug-likeness (QED) is 0.682. The molecule has 0 spiro atoms. The first-order valence-corrected chi connectivity index (χ1v) is 8.81. The molecule has 1 heterocycles. The Kier molecular flexibility index (Phi) is 9.38. The summed E-state index contributed by atoms with van der Waals surface area (Å²) in [7, 11) is 4.45. The molecule has 0 bridgehead atoms. The average molecular weight is 401 g/mol. The predicted octanol–water partition coefficient (Wildman–Crippen LogP) is 2.23. The van der Waals surface area contributed by atoms with Crippen molar-refractivity contribution >= 4 is 24.3 Å². The second-order valence-corrected chi connectivity index (χ2v) is 6.53. The van der Waals surface area contributed by atoms with Crippen LogP contribution in [-0.2, 0) is 14.3 Å². The molecule has 0 aliphatic carbocycles. The maximum absolute atomic E-state index is 12.8. The fourth-order valence-corrected chi connectivity index (χ4v) is 3.25. The van der Waals surface area contributed by atoms with E-state index in [1.807, 2.05) is 0 Å². The van der Waals surface area contributed by atoms with Crippen LogP contribution in [0.5, 0.6) is 11.5 Å². The predicted molar refractivity (Wildman–Crippen MR) is 104 cm³/mol. The molecule has 0 aromatic heterocycles. The first kappa shape index (κ1) is 23.0. The van der Waals surface area contributed by atoms with Gasteiger partial charge in [-0.3, -0.25) is 9.59 Å². The Morgan fingerprint density at radius 1 is 1.26 bits per heavy atom. The lowest BCUT2D eigenvalue weighted by Gasteiger charge is -2.29. The van der Waals surface area contributed by atoms with Gasteiger partial charge < -0.3 is 24.8 Å². The lowest BCUT2D eigenvalue weighted by atomic mass is 9.91. The van der Waals surface area contributed by atoms with Crippen molar-refractivity contribution in [3.63, 3.8) is 0 Å². The van der Waals surface area contributed by atoms with Crippen LogP contribution in [0.4, 0.5) is 0 Å². The van der Waals surface area contributed by atoms with Crippen molar-refractivity contribution in [3.05, 3.63) is 23.8 Å². The van der Waals surface area contributed by atoms with Gasteiger partial charge in [0.2, 0.25) is 5.91 Å². The first-order chi connectivity index (χ1) is 12.5. The average Bonchev–Trinajstić information content (AvgIpc) is 2.66. The fourth-order valence-electron chi connectivity index (χ4n) is 3.25. The van der Waals surface area contributed by atoms with Gasteiger partial charge in [-0.05, 0) is 38.4 Å². The largest absolute Gasteiger partial charge is 0.497 e. The zero-order chi connectivity index (χ0) is 19.1. The number of hydrogen-bond donors (Lipinski definition) is 2. The van der Waals surface area contributed by atoms with Crippen molar-refractivity contribution in [1.29, 1.82) is 0 Å². The number of halogens is 1. The fraction of sp³-hybridized carbons (Fsp3) is 0.579. The van der Waals surface area contributed by atoms with E-state index in [2.05, 4.69) is 17.6 Å². The minimum absolute atomic E-state index is 0. The number of ether oxygens (including phenoxy) is 3. The van der Waals surface area contributed by atoms with E-state index in [0.717, 1.165) is 19.4 Å². The number of esters is 1. The van der Waals surface area contributed by atoms with Crippen LogP contribution in [0.3, 0.4) is 0 Å². The third kappa shape index (κ3) is 6.29. The molecule has 1 fully saturated rings. The van der Waals surface area contributed by atoms with Crippen LogP contribution >= 0.6 is 12.4 Å². The summed E-state index contributed by atoms with van der Waals surface area (Å²) in [4.78, 5) is 24.6. The monoisotopic (exact) mass is 400 g/mol. The van der Waals surface area contributed by atoms with Gasteiger partial charge in [0, 0.05) is 23.6 Å². The Labute approximate surface area is 166 Å². The van der Waals surface area contributed by atoms with Crippen LogP contribution in [0.15, 0.2) is 18.2 Å². The van der Waals surface area contributed by atoms with E-state index >= 15 is 0 Å². The van der Waals surface area contributed by atoms with Crippen molar-refractivity contribution in [2.45, 2.75) is 38.3 Å². The van der Waals surface area contributed by atoms with Gasteiger partial charge in [0.1, 0.15) is 11.5 Å². The number of nitrogens with one attached hydrogen (secondary N) is 2. The molecule has 152 valence electrons. The van der Waals surface area contributed by atoms with Gasteiger partial charge in [0.25, 0.3) is 0 Å². The zero-order valence-electron chi connectivity index (χ0n) is 16.2. The van der Waals surface area contributed by atoms with Gasteiger partial charge in [0.05, 0.1) is 33.8 Å². The summed E-state index contributed by atoms with van der Waals surface area (Å²) < 4.78 is 15.4. The molecule has 2 rings (SSSR count). The van der Waals surface area contributed by atoms with Gasteiger partial charge >= 0.3 is 5.97 Å². The van der Waals surface area contributed by atoms with Gasteiger partial charge in [-0.25, -0.2) is 0 Å². The summed E-state index contributed by atoms with van der Waals surface area (Å²) in [5, 5.41) is 6.35. The van der Waals surface area contributed by atoms with E-state index in [-0.39, 0.29) is 30.7 Å². The molecule has 0 radical (unpaired) electrons. The Morgan fingerprint density at radius 3 is 2.59 bits per heavy atom. The maximum Gasteiger partial charge on any atom is 0.307 e. The second-order valence-electron chi connectivity index (χ2n) is 6.53. The summed E-state index contributed by atoms with van der Waals surface area (Å²) in [6.45, 7) is 2.88. The van der Waals surface area contributed by atoms with E-state index in [1.165, 1.54) is 7.11 Å². The standard InChI is InChI=1S/C19H28N2O5.ClH/c1-12-9-13(7-8-20-12)19(23)21-16(11-18(22)26-4)15-6-5-14(24-2)10-17(15)25-3;/h5-6,10,12-13,16,20H,7-9,11H2,1-4H3,(H,21,23);1H/t12-,13-,16?;/m0./s1. The number of methoxy groups -OCH3 is 3. The lowest BCUT2D eigenvalue weighted by Crippen LogP contribution is -2.43. The molecule has 1 unspecified atom stereocenters. The van der Waals surface area contributed by atoms with Crippen molar-refractivity contribution in [3.8, 4) is 11.5 Å². The summed E-state index contributed by atoms with van der Waals surface area (Å²) >= 11 is 0. The molecule has 1 aromatic carbocycles. The number of carbonyl (C=O) groups is 2. The van der Waals surface area contributed by atoms with Crippen LogP contribution in [0.2, 0.25) is 0 Å². The molecule has 3 atom stereocenters. The zero-order valence-corrected chi connectivity index (χ0v) is 17.1. The van der Waals surface area contributed by atoms with Crippen LogP contribution in [-0.4, -0.2) is 45.8 Å². The number of benzene rings is 1. The van der Waals surface area contributed by atoms with Crippen LogP contribution < -0.4 is 20.1 Å². The smallest absolute Gasteiger partial charge is 0.307 e. The van der Waals surface area contributed by atoms with Crippen molar-refractivity contribution in [2.75, 3.05) is 27.9 Å². The minimum Gasteiger partial charge on any atom is -0.497 e. The molecular formula is C19H29ClN2O5. The number of piperidine rings is 1. The van der Waals surface area contributed by atoms with Crippen molar-refractivity contribution in [2.24, 2.45) is 5.92 Å². The van der Waals surface area contributed by atoms with Crippen molar-refractivity contribution in [1.82, 2.24) is 10.6 Å².